The minimum absolute atomic E-state index is 0.163. The van der Waals surface area contributed by atoms with Gasteiger partial charge in [-0.25, -0.2) is 0 Å². The molecule has 0 aromatic heterocycles. The average molecular weight is 194 g/mol. The van der Waals surface area contributed by atoms with Crippen molar-refractivity contribution < 1.29 is 4.79 Å². The number of hydrogen-bond acceptors (Lipinski definition) is 2. The highest BCUT2D eigenvalue weighted by Crippen LogP contribution is 2.22. The van der Waals surface area contributed by atoms with Crippen LogP contribution in [0.1, 0.15) is 26.2 Å². The van der Waals surface area contributed by atoms with E-state index in [-0.39, 0.29) is 18.0 Å². The molecule has 78 valence electrons. The molecule has 3 nitrogen and oxygen atoms in total. The second-order valence-electron chi connectivity index (χ2n) is 4.52. The molecule has 0 aliphatic carbocycles. The van der Waals surface area contributed by atoms with Crippen LogP contribution in [-0.4, -0.2) is 36.0 Å². The van der Waals surface area contributed by atoms with E-state index in [9.17, 15) is 4.79 Å². The molecule has 2 saturated heterocycles. The molecule has 0 spiro atoms. The Bertz CT molecular complexity index is 262. The van der Waals surface area contributed by atoms with E-state index in [1.807, 2.05) is 6.92 Å². The second-order valence-corrected chi connectivity index (χ2v) is 4.52. The van der Waals surface area contributed by atoms with Crippen LogP contribution in [-0.2, 0) is 4.79 Å². The van der Waals surface area contributed by atoms with Crippen LogP contribution in [0.15, 0.2) is 12.2 Å². The molecule has 2 fully saturated rings. The van der Waals surface area contributed by atoms with Gasteiger partial charge < -0.3 is 5.32 Å². The Balaban J connectivity index is 1.98. The molecule has 2 aliphatic heterocycles. The summed E-state index contributed by atoms with van der Waals surface area (Å²) in [6, 6.07) is 0.450. The molecule has 0 radical (unpaired) electrons. The van der Waals surface area contributed by atoms with E-state index in [0.717, 1.165) is 37.9 Å². The molecule has 14 heavy (non-hydrogen) atoms. The number of rotatable bonds is 2. The predicted molar refractivity (Wildman–Crippen MR) is 56.0 cm³/mol. The van der Waals surface area contributed by atoms with E-state index in [2.05, 4.69) is 16.8 Å². The second kappa shape index (κ2) is 3.73. The fourth-order valence-electron chi connectivity index (χ4n) is 2.50. The third-order valence-electron chi connectivity index (χ3n) is 3.06. The first-order chi connectivity index (χ1) is 6.66. The minimum Gasteiger partial charge on any atom is -0.350 e. The van der Waals surface area contributed by atoms with Crippen molar-refractivity contribution in [2.45, 2.75) is 38.3 Å². The van der Waals surface area contributed by atoms with Gasteiger partial charge in [0, 0.05) is 12.6 Å². The van der Waals surface area contributed by atoms with Crippen LogP contribution in [0, 0.1) is 0 Å². The van der Waals surface area contributed by atoms with Crippen molar-refractivity contribution in [2.75, 3.05) is 13.1 Å². The fraction of sp³-hybridized carbons (Fsp3) is 0.727. The van der Waals surface area contributed by atoms with Gasteiger partial charge in [0.1, 0.15) is 0 Å². The number of hydrogen-bond donors (Lipinski definition) is 1. The molecule has 0 unspecified atom stereocenters. The molecule has 0 aromatic rings. The number of carbonyl (C=O) groups excluding carboxylic acids is 1. The SMILES string of the molecule is C=C(C)C[C@H]1CN2CCC[C@H]2C(=O)N1. The first kappa shape index (κ1) is 9.71. The van der Waals surface area contributed by atoms with Crippen LogP contribution in [0.25, 0.3) is 0 Å². The summed E-state index contributed by atoms with van der Waals surface area (Å²) in [7, 11) is 0. The minimum atomic E-state index is 0.163. The highest BCUT2D eigenvalue weighted by atomic mass is 16.2. The molecule has 1 amide bonds. The molecule has 2 rings (SSSR count). The lowest BCUT2D eigenvalue weighted by molar-refractivity contribution is -0.129. The average Bonchev–Trinajstić information content (AvgIpc) is 2.50. The molecule has 2 aliphatic rings. The Morgan fingerprint density at radius 2 is 2.50 bits per heavy atom. The van der Waals surface area contributed by atoms with Gasteiger partial charge in [0.25, 0.3) is 0 Å². The normalized spacial score (nSPS) is 32.5. The summed E-state index contributed by atoms with van der Waals surface area (Å²) >= 11 is 0. The zero-order chi connectivity index (χ0) is 10.1. The summed E-state index contributed by atoms with van der Waals surface area (Å²) in [5.41, 5.74) is 1.15. The van der Waals surface area contributed by atoms with Gasteiger partial charge >= 0.3 is 0 Å². The molecular weight excluding hydrogens is 176 g/mol. The van der Waals surface area contributed by atoms with E-state index in [1.54, 1.807) is 0 Å². The van der Waals surface area contributed by atoms with Crippen molar-refractivity contribution >= 4 is 5.91 Å². The largest absolute Gasteiger partial charge is 0.350 e. The van der Waals surface area contributed by atoms with Gasteiger partial charge in [-0.05, 0) is 32.7 Å². The summed E-state index contributed by atoms with van der Waals surface area (Å²) in [4.78, 5) is 14.0. The summed E-state index contributed by atoms with van der Waals surface area (Å²) in [5, 5.41) is 3.08. The highest BCUT2D eigenvalue weighted by Gasteiger charge is 2.36. The van der Waals surface area contributed by atoms with Crippen LogP contribution < -0.4 is 5.32 Å². The van der Waals surface area contributed by atoms with Gasteiger partial charge in [-0.15, -0.1) is 6.58 Å². The van der Waals surface area contributed by atoms with Crippen LogP contribution >= 0.6 is 0 Å². The van der Waals surface area contributed by atoms with Gasteiger partial charge in [0.2, 0.25) is 5.91 Å². The van der Waals surface area contributed by atoms with Gasteiger partial charge in [-0.1, -0.05) is 5.57 Å². The third-order valence-corrected chi connectivity index (χ3v) is 3.06. The van der Waals surface area contributed by atoms with Crippen LogP contribution in [0.3, 0.4) is 0 Å². The van der Waals surface area contributed by atoms with Crippen LogP contribution in [0.4, 0.5) is 0 Å². The Hall–Kier alpha value is -0.830. The van der Waals surface area contributed by atoms with Crippen molar-refractivity contribution in [1.82, 2.24) is 10.2 Å². The molecular formula is C11H18N2O. The van der Waals surface area contributed by atoms with E-state index >= 15 is 0 Å². The van der Waals surface area contributed by atoms with E-state index < -0.39 is 0 Å². The van der Waals surface area contributed by atoms with Gasteiger partial charge in [0.15, 0.2) is 0 Å². The lowest BCUT2D eigenvalue weighted by Crippen LogP contribution is -2.57. The number of nitrogens with one attached hydrogen (secondary N) is 1. The highest BCUT2D eigenvalue weighted by molar-refractivity contribution is 5.83. The van der Waals surface area contributed by atoms with Crippen LogP contribution in [0.2, 0.25) is 0 Å². The molecule has 2 atom stereocenters. The summed E-state index contributed by atoms with van der Waals surface area (Å²) in [5.74, 6) is 0.222. The van der Waals surface area contributed by atoms with E-state index in [4.69, 9.17) is 0 Å². The van der Waals surface area contributed by atoms with Crippen molar-refractivity contribution in [3.63, 3.8) is 0 Å². The summed E-state index contributed by atoms with van der Waals surface area (Å²) in [6.45, 7) is 8.00. The first-order valence-electron chi connectivity index (χ1n) is 5.35. The maximum Gasteiger partial charge on any atom is 0.237 e. The quantitative estimate of drug-likeness (QED) is 0.663. The molecule has 1 N–H and O–H groups in total. The Kier molecular flexibility index (Phi) is 2.59. The number of nitrogens with zero attached hydrogens (tertiary/aromatic N) is 1. The third kappa shape index (κ3) is 1.82. The molecule has 3 heteroatoms. The van der Waals surface area contributed by atoms with E-state index in [0.29, 0.717) is 0 Å². The zero-order valence-electron chi connectivity index (χ0n) is 8.75. The van der Waals surface area contributed by atoms with Gasteiger partial charge in [0.05, 0.1) is 6.04 Å². The van der Waals surface area contributed by atoms with E-state index in [1.165, 1.54) is 0 Å². The zero-order valence-corrected chi connectivity index (χ0v) is 8.75. The lowest BCUT2D eigenvalue weighted by atomic mass is 10.0. The smallest absolute Gasteiger partial charge is 0.237 e. The van der Waals surface area contributed by atoms with Crippen molar-refractivity contribution in [2.24, 2.45) is 0 Å². The molecule has 0 bridgehead atoms. The van der Waals surface area contributed by atoms with Crippen molar-refractivity contribution in [1.29, 1.82) is 0 Å². The fourth-order valence-corrected chi connectivity index (χ4v) is 2.50. The number of carbonyl (C=O) groups is 1. The maximum absolute atomic E-state index is 11.7. The number of amides is 1. The Labute approximate surface area is 85.2 Å². The summed E-state index contributed by atoms with van der Waals surface area (Å²) in [6.07, 6.45) is 3.11. The number of piperazine rings is 1. The molecule has 0 aromatic carbocycles. The first-order valence-corrected chi connectivity index (χ1v) is 5.35. The number of fused-ring (bicyclic) bond motifs is 1. The Morgan fingerprint density at radius 1 is 1.71 bits per heavy atom. The van der Waals surface area contributed by atoms with Crippen LogP contribution in [0.5, 0.6) is 0 Å². The molecule has 0 saturated carbocycles. The summed E-state index contributed by atoms with van der Waals surface area (Å²) < 4.78 is 0. The monoisotopic (exact) mass is 194 g/mol. The Morgan fingerprint density at radius 3 is 3.21 bits per heavy atom. The van der Waals surface area contributed by atoms with Gasteiger partial charge in [-0.2, -0.15) is 0 Å². The van der Waals surface area contributed by atoms with Gasteiger partial charge in [-0.3, -0.25) is 9.69 Å². The lowest BCUT2D eigenvalue weighted by Gasteiger charge is -2.35. The standard InChI is InChI=1S/C11H18N2O/c1-8(2)6-9-7-13-5-3-4-10(13)11(14)12-9/h9-10H,1,3-7H2,2H3,(H,12,14)/t9-,10-/m0/s1. The van der Waals surface area contributed by atoms with Crippen molar-refractivity contribution in [3.8, 4) is 0 Å². The maximum atomic E-state index is 11.7. The predicted octanol–water partition coefficient (Wildman–Crippen LogP) is 0.915. The topological polar surface area (TPSA) is 32.3 Å². The molecule has 2 heterocycles. The van der Waals surface area contributed by atoms with Crippen molar-refractivity contribution in [3.05, 3.63) is 12.2 Å².